The zero-order valence-corrected chi connectivity index (χ0v) is 14.1. The Morgan fingerprint density at radius 1 is 1.38 bits per heavy atom. The standard InChI is InChI=1S/C18H17N5O3/c1-3-12-4-6-13(7-5-12)15(24)8-16-21-17(26-22-16)10-23-18(25)11(2)14(19)9-20-23/h1,4-7,9,15,24H,8,10,19H2,2H3/t15-/m0/s1. The second-order valence-electron chi connectivity index (χ2n) is 5.78. The van der Waals surface area contributed by atoms with E-state index in [1.807, 2.05) is 0 Å². The van der Waals surface area contributed by atoms with E-state index in [2.05, 4.69) is 21.2 Å². The van der Waals surface area contributed by atoms with Crippen molar-refractivity contribution in [3.8, 4) is 12.3 Å². The smallest absolute Gasteiger partial charge is 0.272 e. The second-order valence-corrected chi connectivity index (χ2v) is 5.78. The van der Waals surface area contributed by atoms with Gasteiger partial charge in [-0.3, -0.25) is 4.79 Å². The molecule has 0 radical (unpaired) electrons. The highest BCUT2D eigenvalue weighted by atomic mass is 16.5. The summed E-state index contributed by atoms with van der Waals surface area (Å²) in [4.78, 5) is 16.3. The van der Waals surface area contributed by atoms with Gasteiger partial charge in [-0.05, 0) is 24.6 Å². The van der Waals surface area contributed by atoms with Gasteiger partial charge in [0.2, 0.25) is 5.89 Å². The quantitative estimate of drug-likeness (QED) is 0.653. The first-order chi connectivity index (χ1) is 12.5. The van der Waals surface area contributed by atoms with Crippen LogP contribution in [0.5, 0.6) is 0 Å². The molecular weight excluding hydrogens is 334 g/mol. The summed E-state index contributed by atoms with van der Waals surface area (Å²) in [7, 11) is 0. The maximum Gasteiger partial charge on any atom is 0.272 e. The fraction of sp³-hybridized carbons (Fsp3) is 0.222. The number of aliphatic hydroxyl groups excluding tert-OH is 1. The van der Waals surface area contributed by atoms with Crippen molar-refractivity contribution in [2.24, 2.45) is 0 Å². The number of terminal acetylenes is 1. The molecule has 1 atom stereocenters. The highest BCUT2D eigenvalue weighted by molar-refractivity contribution is 5.41. The van der Waals surface area contributed by atoms with Crippen LogP contribution < -0.4 is 11.3 Å². The largest absolute Gasteiger partial charge is 0.397 e. The number of nitrogens with two attached hydrogens (primary N) is 1. The summed E-state index contributed by atoms with van der Waals surface area (Å²) in [6.07, 6.45) is 6.08. The predicted molar refractivity (Wildman–Crippen MR) is 94.1 cm³/mol. The Hall–Kier alpha value is -3.44. The minimum Gasteiger partial charge on any atom is -0.397 e. The molecule has 132 valence electrons. The van der Waals surface area contributed by atoms with E-state index in [1.54, 1.807) is 31.2 Å². The average molecular weight is 351 g/mol. The first-order valence-corrected chi connectivity index (χ1v) is 7.86. The highest BCUT2D eigenvalue weighted by Gasteiger charge is 2.15. The van der Waals surface area contributed by atoms with Gasteiger partial charge in [-0.1, -0.05) is 23.2 Å². The lowest BCUT2D eigenvalue weighted by atomic mass is 10.0. The van der Waals surface area contributed by atoms with Gasteiger partial charge < -0.3 is 15.4 Å². The summed E-state index contributed by atoms with van der Waals surface area (Å²) in [5, 5.41) is 18.1. The van der Waals surface area contributed by atoms with Gasteiger partial charge in [0.05, 0.1) is 18.0 Å². The van der Waals surface area contributed by atoms with Gasteiger partial charge in [-0.25, -0.2) is 4.68 Å². The summed E-state index contributed by atoms with van der Waals surface area (Å²) in [5.41, 5.74) is 7.50. The molecule has 0 aliphatic carbocycles. The third kappa shape index (κ3) is 3.63. The number of hydrogen-bond acceptors (Lipinski definition) is 7. The van der Waals surface area contributed by atoms with Crippen LogP contribution in [0.4, 0.5) is 5.69 Å². The summed E-state index contributed by atoms with van der Waals surface area (Å²) < 4.78 is 6.33. The van der Waals surface area contributed by atoms with Gasteiger partial charge in [-0.2, -0.15) is 10.1 Å². The fourth-order valence-electron chi connectivity index (χ4n) is 2.37. The van der Waals surface area contributed by atoms with Gasteiger partial charge in [-0.15, -0.1) is 6.42 Å². The second kappa shape index (κ2) is 7.21. The van der Waals surface area contributed by atoms with Crippen LogP contribution in [0.2, 0.25) is 0 Å². The number of aliphatic hydroxyl groups is 1. The zero-order valence-electron chi connectivity index (χ0n) is 14.1. The van der Waals surface area contributed by atoms with E-state index in [0.717, 1.165) is 5.56 Å². The molecule has 0 unspecified atom stereocenters. The van der Waals surface area contributed by atoms with E-state index in [9.17, 15) is 9.90 Å². The van der Waals surface area contributed by atoms with E-state index in [-0.39, 0.29) is 24.4 Å². The van der Waals surface area contributed by atoms with Gasteiger partial charge in [0.1, 0.15) is 6.54 Å². The molecule has 0 spiro atoms. The minimum absolute atomic E-state index is 0.0277. The van der Waals surface area contributed by atoms with Gasteiger partial charge in [0, 0.05) is 17.5 Å². The Labute approximate surface area is 149 Å². The highest BCUT2D eigenvalue weighted by Crippen LogP contribution is 2.17. The Balaban J connectivity index is 1.71. The Kier molecular flexibility index (Phi) is 4.82. The Bertz CT molecular complexity index is 1010. The fourth-order valence-corrected chi connectivity index (χ4v) is 2.37. The molecule has 1 aromatic carbocycles. The van der Waals surface area contributed by atoms with Crippen molar-refractivity contribution >= 4 is 5.69 Å². The normalized spacial score (nSPS) is 11.9. The molecule has 8 heteroatoms. The average Bonchev–Trinajstić information content (AvgIpc) is 3.09. The predicted octanol–water partition coefficient (Wildman–Crippen LogP) is 0.823. The molecule has 3 aromatic rings. The molecule has 0 fully saturated rings. The molecule has 0 aliphatic rings. The third-order valence-electron chi connectivity index (χ3n) is 3.96. The molecule has 3 rings (SSSR count). The van der Waals surface area contributed by atoms with Crippen molar-refractivity contribution in [3.63, 3.8) is 0 Å². The van der Waals surface area contributed by atoms with Crippen molar-refractivity contribution in [3.05, 3.63) is 69.2 Å². The topological polar surface area (TPSA) is 120 Å². The number of nitrogens with zero attached hydrogens (tertiary/aromatic N) is 4. The number of rotatable bonds is 5. The molecule has 2 heterocycles. The SMILES string of the molecule is C#Cc1ccc([C@@H](O)Cc2noc(Cn3ncc(N)c(C)c3=O)n2)cc1. The van der Waals surface area contributed by atoms with E-state index >= 15 is 0 Å². The molecule has 26 heavy (non-hydrogen) atoms. The van der Waals surface area contributed by atoms with Crippen LogP contribution in [-0.4, -0.2) is 25.0 Å². The van der Waals surface area contributed by atoms with Crippen LogP contribution in [0.25, 0.3) is 0 Å². The van der Waals surface area contributed by atoms with Crippen LogP contribution in [0.1, 0.15) is 34.5 Å². The van der Waals surface area contributed by atoms with Crippen LogP contribution in [0.15, 0.2) is 39.8 Å². The van der Waals surface area contributed by atoms with E-state index in [0.29, 0.717) is 22.6 Å². The molecular formula is C18H17N5O3. The molecule has 2 aromatic heterocycles. The van der Waals surface area contributed by atoms with Crippen molar-refractivity contribution in [1.82, 2.24) is 19.9 Å². The lowest BCUT2D eigenvalue weighted by Gasteiger charge is -2.08. The van der Waals surface area contributed by atoms with Gasteiger partial charge in [0.25, 0.3) is 5.56 Å². The molecule has 8 nitrogen and oxygen atoms in total. The third-order valence-corrected chi connectivity index (χ3v) is 3.96. The summed E-state index contributed by atoms with van der Waals surface area (Å²) in [6, 6.07) is 7.01. The molecule has 0 bridgehead atoms. The lowest BCUT2D eigenvalue weighted by molar-refractivity contribution is 0.174. The molecule has 0 saturated heterocycles. The number of hydrogen-bond donors (Lipinski definition) is 2. The number of nitrogen functional groups attached to an aromatic ring is 1. The van der Waals surface area contributed by atoms with Crippen molar-refractivity contribution < 1.29 is 9.63 Å². The minimum atomic E-state index is -0.799. The van der Waals surface area contributed by atoms with E-state index < -0.39 is 6.10 Å². The zero-order chi connectivity index (χ0) is 18.7. The van der Waals surface area contributed by atoms with Crippen LogP contribution in [-0.2, 0) is 13.0 Å². The van der Waals surface area contributed by atoms with Crippen molar-refractivity contribution in [2.75, 3.05) is 5.73 Å². The van der Waals surface area contributed by atoms with Crippen LogP contribution in [0.3, 0.4) is 0 Å². The number of anilines is 1. The molecule has 0 aliphatic heterocycles. The Morgan fingerprint density at radius 3 is 2.81 bits per heavy atom. The molecule has 0 amide bonds. The monoisotopic (exact) mass is 351 g/mol. The van der Waals surface area contributed by atoms with E-state index in [1.165, 1.54) is 10.9 Å². The van der Waals surface area contributed by atoms with Gasteiger partial charge >= 0.3 is 0 Å². The van der Waals surface area contributed by atoms with Crippen LogP contribution in [0, 0.1) is 19.3 Å². The van der Waals surface area contributed by atoms with Crippen molar-refractivity contribution in [2.45, 2.75) is 26.0 Å². The van der Waals surface area contributed by atoms with Crippen LogP contribution >= 0.6 is 0 Å². The van der Waals surface area contributed by atoms with Crippen molar-refractivity contribution in [1.29, 1.82) is 0 Å². The number of aromatic nitrogens is 4. The first kappa shape index (κ1) is 17.4. The molecule has 0 saturated carbocycles. The maximum absolute atomic E-state index is 12.1. The Morgan fingerprint density at radius 2 is 2.12 bits per heavy atom. The van der Waals surface area contributed by atoms with Gasteiger partial charge in [0.15, 0.2) is 5.82 Å². The van der Waals surface area contributed by atoms with E-state index in [4.69, 9.17) is 16.7 Å². The lowest BCUT2D eigenvalue weighted by Crippen LogP contribution is -2.26. The first-order valence-electron chi connectivity index (χ1n) is 7.86. The maximum atomic E-state index is 12.1. The summed E-state index contributed by atoms with van der Waals surface area (Å²) in [5.74, 6) is 3.06. The molecule has 3 N–H and O–H groups in total. The summed E-state index contributed by atoms with van der Waals surface area (Å²) >= 11 is 0. The summed E-state index contributed by atoms with van der Waals surface area (Å²) in [6.45, 7) is 1.65. The number of benzene rings is 1.